The molecule has 0 amide bonds. The number of hydrogen-bond donors (Lipinski definition) is 0. The van der Waals surface area contributed by atoms with Crippen LogP contribution in [-0.4, -0.2) is 36.9 Å². The minimum absolute atomic E-state index is 0.0910. The highest BCUT2D eigenvalue weighted by atomic mass is 16.5. The van der Waals surface area contributed by atoms with Crippen molar-refractivity contribution in [2.45, 2.75) is 19.8 Å². The van der Waals surface area contributed by atoms with E-state index in [0.717, 1.165) is 6.08 Å². The van der Waals surface area contributed by atoms with E-state index < -0.39 is 17.9 Å². The lowest BCUT2D eigenvalue weighted by Gasteiger charge is -2.09. The second-order valence-electron chi connectivity index (χ2n) is 7.84. The predicted octanol–water partition coefficient (Wildman–Crippen LogP) is 5.22. The minimum atomic E-state index is -0.571. The largest absolute Gasteiger partial charge is 0.494 e. The Kier molecular flexibility index (Phi) is 9.73. The van der Waals surface area contributed by atoms with Gasteiger partial charge in [-0.15, -0.1) is 0 Å². The Morgan fingerprint density at radius 1 is 0.649 bits per heavy atom. The van der Waals surface area contributed by atoms with Crippen LogP contribution in [0.15, 0.2) is 85.5 Å². The Morgan fingerprint density at radius 2 is 1.08 bits per heavy atom. The fourth-order valence-corrected chi connectivity index (χ4v) is 3.06. The molecule has 0 fully saturated rings. The third kappa shape index (κ3) is 8.47. The van der Waals surface area contributed by atoms with Crippen molar-refractivity contribution in [2.75, 3.05) is 13.2 Å². The van der Waals surface area contributed by atoms with Gasteiger partial charge >= 0.3 is 17.9 Å². The maximum atomic E-state index is 12.4. The van der Waals surface area contributed by atoms with Gasteiger partial charge in [-0.2, -0.15) is 0 Å². The number of ketones is 1. The summed E-state index contributed by atoms with van der Waals surface area (Å²) in [4.78, 5) is 47.0. The first-order valence-corrected chi connectivity index (χ1v) is 11.5. The van der Waals surface area contributed by atoms with E-state index in [1.165, 1.54) is 43.3 Å². The molecule has 190 valence electrons. The molecule has 0 aliphatic heterocycles. The van der Waals surface area contributed by atoms with Gasteiger partial charge in [-0.25, -0.2) is 14.4 Å². The number of carbonyl (C=O) groups excluding carboxylic acids is 4. The lowest BCUT2D eigenvalue weighted by molar-refractivity contribution is -0.137. The number of carbonyl (C=O) groups is 4. The summed E-state index contributed by atoms with van der Waals surface area (Å²) in [5, 5.41) is 0. The highest BCUT2D eigenvalue weighted by Crippen LogP contribution is 2.21. The second kappa shape index (κ2) is 13.4. The molecule has 0 saturated carbocycles. The van der Waals surface area contributed by atoms with E-state index in [2.05, 4.69) is 6.58 Å². The van der Waals surface area contributed by atoms with Crippen LogP contribution < -0.4 is 14.2 Å². The van der Waals surface area contributed by atoms with Gasteiger partial charge in [0.15, 0.2) is 5.78 Å². The van der Waals surface area contributed by atoms with E-state index in [1.807, 2.05) is 0 Å². The summed E-state index contributed by atoms with van der Waals surface area (Å²) in [6.07, 6.45) is 2.48. The summed E-state index contributed by atoms with van der Waals surface area (Å²) in [5.41, 5.74) is 1.15. The number of unbranched alkanes of at least 4 members (excludes halogenated alkanes) is 1. The van der Waals surface area contributed by atoms with E-state index in [1.54, 1.807) is 36.4 Å². The van der Waals surface area contributed by atoms with Crippen LogP contribution >= 0.6 is 0 Å². The van der Waals surface area contributed by atoms with Crippen LogP contribution in [0, 0.1) is 0 Å². The first-order chi connectivity index (χ1) is 17.9. The molecule has 0 unspecified atom stereocenters. The lowest BCUT2D eigenvalue weighted by atomic mass is 10.1. The second-order valence-corrected chi connectivity index (χ2v) is 7.84. The van der Waals surface area contributed by atoms with Crippen LogP contribution in [0.1, 0.15) is 50.8 Å². The molecule has 37 heavy (non-hydrogen) atoms. The SMILES string of the molecule is C=CC(=O)OCCCCOc1ccc(C(=O)Oc2ccc(OC(=O)c3ccc(C(C)=O)cc3)cc2)cc1. The molecule has 8 heteroatoms. The van der Waals surface area contributed by atoms with E-state index in [-0.39, 0.29) is 17.3 Å². The number of benzene rings is 3. The van der Waals surface area contributed by atoms with Gasteiger partial charge in [-0.05, 0) is 80.4 Å². The quantitative estimate of drug-likeness (QED) is 0.109. The number of hydrogen-bond acceptors (Lipinski definition) is 8. The molecule has 0 bridgehead atoms. The summed E-state index contributed by atoms with van der Waals surface area (Å²) in [6.45, 7) is 5.52. The molecule has 0 heterocycles. The molecule has 0 radical (unpaired) electrons. The molecular formula is C29H26O8. The topological polar surface area (TPSA) is 105 Å². The van der Waals surface area contributed by atoms with Crippen molar-refractivity contribution in [1.29, 1.82) is 0 Å². The third-order valence-electron chi connectivity index (χ3n) is 5.08. The minimum Gasteiger partial charge on any atom is -0.494 e. The Labute approximate surface area is 214 Å². The molecule has 3 aromatic carbocycles. The van der Waals surface area contributed by atoms with Crippen LogP contribution in [0.5, 0.6) is 17.2 Å². The van der Waals surface area contributed by atoms with Crippen LogP contribution in [0.2, 0.25) is 0 Å². The highest BCUT2D eigenvalue weighted by Gasteiger charge is 2.12. The molecule has 0 aromatic heterocycles. The Bertz CT molecular complexity index is 1240. The van der Waals surface area contributed by atoms with Gasteiger partial charge in [-0.3, -0.25) is 4.79 Å². The van der Waals surface area contributed by atoms with Crippen molar-refractivity contribution >= 4 is 23.7 Å². The van der Waals surface area contributed by atoms with Gasteiger partial charge in [0.25, 0.3) is 0 Å². The maximum absolute atomic E-state index is 12.4. The number of esters is 3. The lowest BCUT2D eigenvalue weighted by Crippen LogP contribution is -2.10. The molecule has 0 aliphatic carbocycles. The van der Waals surface area contributed by atoms with Crippen molar-refractivity contribution in [3.8, 4) is 17.2 Å². The monoisotopic (exact) mass is 502 g/mol. The van der Waals surface area contributed by atoms with Crippen molar-refractivity contribution in [2.24, 2.45) is 0 Å². The van der Waals surface area contributed by atoms with Crippen molar-refractivity contribution in [3.63, 3.8) is 0 Å². The van der Waals surface area contributed by atoms with E-state index in [9.17, 15) is 19.2 Å². The summed E-state index contributed by atoms with van der Waals surface area (Å²) < 4.78 is 21.2. The third-order valence-corrected chi connectivity index (χ3v) is 5.08. The van der Waals surface area contributed by atoms with Gasteiger partial charge in [0, 0.05) is 11.6 Å². The van der Waals surface area contributed by atoms with Crippen molar-refractivity contribution in [3.05, 3.63) is 102 Å². The Hall–Kier alpha value is -4.72. The number of Topliss-reactive ketones (excluding diaryl/α,β-unsaturated/α-hetero) is 1. The summed E-state index contributed by atoms with van der Waals surface area (Å²) in [5.74, 6) is -0.497. The van der Waals surface area contributed by atoms with Crippen LogP contribution in [0.25, 0.3) is 0 Å². The molecule has 0 aliphatic rings. The molecule has 0 N–H and O–H groups in total. The average Bonchev–Trinajstić information content (AvgIpc) is 2.91. The van der Waals surface area contributed by atoms with E-state index in [0.29, 0.717) is 48.5 Å². The molecule has 3 rings (SSSR count). The molecular weight excluding hydrogens is 476 g/mol. The van der Waals surface area contributed by atoms with Crippen LogP contribution in [0.3, 0.4) is 0 Å². The highest BCUT2D eigenvalue weighted by molar-refractivity contribution is 5.96. The van der Waals surface area contributed by atoms with Gasteiger partial charge in [0.2, 0.25) is 0 Å². The zero-order valence-electron chi connectivity index (χ0n) is 20.3. The number of rotatable bonds is 12. The fourth-order valence-electron chi connectivity index (χ4n) is 3.06. The Balaban J connectivity index is 1.44. The molecule has 8 nitrogen and oxygen atoms in total. The van der Waals surface area contributed by atoms with Gasteiger partial charge in [-0.1, -0.05) is 18.7 Å². The standard InChI is InChI=1S/C29H26O8/c1-3-27(31)35-19-5-4-18-34-24-12-10-23(11-13-24)29(33)37-26-16-14-25(15-17-26)36-28(32)22-8-6-21(7-9-22)20(2)30/h3,6-17H,1,4-5,18-19H2,2H3. The van der Waals surface area contributed by atoms with Gasteiger partial charge in [0.05, 0.1) is 24.3 Å². The van der Waals surface area contributed by atoms with Gasteiger partial charge < -0.3 is 18.9 Å². The average molecular weight is 503 g/mol. The number of ether oxygens (including phenoxy) is 4. The predicted molar refractivity (Wildman–Crippen MR) is 135 cm³/mol. The summed E-state index contributed by atoms with van der Waals surface area (Å²) in [7, 11) is 0. The van der Waals surface area contributed by atoms with Crippen molar-refractivity contribution in [1.82, 2.24) is 0 Å². The Morgan fingerprint density at radius 3 is 1.57 bits per heavy atom. The summed E-state index contributed by atoms with van der Waals surface area (Å²) >= 11 is 0. The zero-order valence-corrected chi connectivity index (χ0v) is 20.3. The van der Waals surface area contributed by atoms with Crippen LogP contribution in [-0.2, 0) is 9.53 Å². The van der Waals surface area contributed by atoms with Crippen LogP contribution in [0.4, 0.5) is 0 Å². The molecule has 0 saturated heterocycles. The first kappa shape index (κ1) is 26.9. The molecule has 0 atom stereocenters. The zero-order chi connectivity index (χ0) is 26.6. The van der Waals surface area contributed by atoms with Gasteiger partial charge in [0.1, 0.15) is 17.2 Å². The summed E-state index contributed by atoms with van der Waals surface area (Å²) in [6, 6.07) is 18.8. The molecule has 0 spiro atoms. The van der Waals surface area contributed by atoms with E-state index >= 15 is 0 Å². The maximum Gasteiger partial charge on any atom is 0.343 e. The smallest absolute Gasteiger partial charge is 0.343 e. The van der Waals surface area contributed by atoms with Crippen molar-refractivity contribution < 1.29 is 38.1 Å². The molecule has 3 aromatic rings. The fraction of sp³-hybridized carbons (Fsp3) is 0.172. The van der Waals surface area contributed by atoms with E-state index in [4.69, 9.17) is 18.9 Å². The normalized spacial score (nSPS) is 10.2. The first-order valence-electron chi connectivity index (χ1n) is 11.5.